The van der Waals surface area contributed by atoms with Crippen LogP contribution in [0.2, 0.25) is 0 Å². The molecule has 1 heterocycles. The number of anilines is 3. The molecule has 11 aromatic rings. The van der Waals surface area contributed by atoms with Crippen molar-refractivity contribution < 1.29 is 4.42 Å². The van der Waals surface area contributed by atoms with Crippen molar-refractivity contribution in [3.63, 3.8) is 0 Å². The Kier molecular flexibility index (Phi) is 8.98. The van der Waals surface area contributed by atoms with Gasteiger partial charge in [0.15, 0.2) is 0 Å². The van der Waals surface area contributed by atoms with Crippen molar-refractivity contribution in [1.29, 1.82) is 0 Å². The molecule has 0 saturated heterocycles. The van der Waals surface area contributed by atoms with Gasteiger partial charge in [0, 0.05) is 33.1 Å². The predicted molar refractivity (Wildman–Crippen MR) is 268 cm³/mol. The molecule has 302 valence electrons. The Morgan fingerprint density at radius 2 is 0.859 bits per heavy atom. The lowest BCUT2D eigenvalue weighted by atomic mass is 9.74. The van der Waals surface area contributed by atoms with Crippen LogP contribution in [-0.4, -0.2) is 0 Å². The highest BCUT2D eigenvalue weighted by Gasteiger charge is 2.41. The highest BCUT2D eigenvalue weighted by molar-refractivity contribution is 6.12. The number of hydrogen-bond donors (Lipinski definition) is 0. The average molecular weight is 818 g/mol. The lowest BCUT2D eigenvalue weighted by Crippen LogP contribution is -2.22. The van der Waals surface area contributed by atoms with Gasteiger partial charge in [-0.05, 0) is 116 Å². The van der Waals surface area contributed by atoms with E-state index in [0.717, 1.165) is 55.7 Å². The molecular weight excluding hydrogens is 775 g/mol. The maximum atomic E-state index is 6.32. The lowest BCUT2D eigenvalue weighted by Gasteiger charge is -2.31. The summed E-state index contributed by atoms with van der Waals surface area (Å²) in [5.41, 5.74) is 20.6. The summed E-state index contributed by atoms with van der Waals surface area (Å²) in [6.07, 6.45) is 0. The molecule has 0 fully saturated rings. The van der Waals surface area contributed by atoms with Crippen LogP contribution in [0.1, 0.15) is 23.6 Å². The minimum atomic E-state index is -0.292. The molecule has 2 nitrogen and oxygen atoms in total. The van der Waals surface area contributed by atoms with Gasteiger partial charge in [-0.2, -0.15) is 0 Å². The first-order chi connectivity index (χ1) is 31.6. The summed E-state index contributed by atoms with van der Waals surface area (Å²) in [5.74, 6) is 0. The summed E-state index contributed by atoms with van der Waals surface area (Å²) in [5, 5.41) is 2.26. The van der Waals surface area contributed by atoms with Crippen molar-refractivity contribution in [2.45, 2.75) is 12.3 Å². The fourth-order valence-corrected chi connectivity index (χ4v) is 10.4. The first-order valence-corrected chi connectivity index (χ1v) is 22.1. The van der Waals surface area contributed by atoms with Crippen LogP contribution in [-0.2, 0) is 5.41 Å². The minimum absolute atomic E-state index is 0.292. The van der Waals surface area contributed by atoms with Crippen molar-refractivity contribution in [2.24, 2.45) is 0 Å². The Morgan fingerprint density at radius 1 is 0.344 bits per heavy atom. The minimum Gasteiger partial charge on any atom is -0.456 e. The molecule has 0 spiro atoms. The van der Waals surface area contributed by atoms with Gasteiger partial charge < -0.3 is 9.32 Å². The topological polar surface area (TPSA) is 16.4 Å². The smallest absolute Gasteiger partial charge is 0.136 e. The van der Waals surface area contributed by atoms with Crippen molar-refractivity contribution in [2.75, 3.05) is 4.90 Å². The predicted octanol–water partition coefficient (Wildman–Crippen LogP) is 17.1. The number of nitrogens with zero attached hydrogens (tertiary/aromatic N) is 1. The van der Waals surface area contributed by atoms with Crippen molar-refractivity contribution >= 4 is 39.0 Å². The molecular formula is C62H43NO. The van der Waals surface area contributed by atoms with Crippen LogP contribution in [0.4, 0.5) is 17.1 Å². The molecule has 0 amide bonds. The van der Waals surface area contributed by atoms with Crippen molar-refractivity contribution in [3.05, 3.63) is 259 Å². The number of hydrogen-bond acceptors (Lipinski definition) is 2. The zero-order chi connectivity index (χ0) is 42.6. The summed E-state index contributed by atoms with van der Waals surface area (Å²) in [6, 6.07) is 88.0. The Hall–Kier alpha value is -8.20. The summed E-state index contributed by atoms with van der Waals surface area (Å²) < 4.78 is 6.32. The van der Waals surface area contributed by atoms with E-state index in [1.54, 1.807) is 0 Å². The van der Waals surface area contributed by atoms with Crippen LogP contribution in [0, 0.1) is 0 Å². The van der Waals surface area contributed by atoms with Crippen LogP contribution < -0.4 is 4.90 Å². The fraction of sp³-hybridized carbons (Fsp3) is 0.0323. The van der Waals surface area contributed by atoms with E-state index in [2.05, 4.69) is 242 Å². The van der Waals surface area contributed by atoms with Crippen LogP contribution in [0.5, 0.6) is 0 Å². The van der Waals surface area contributed by atoms with E-state index in [4.69, 9.17) is 4.42 Å². The molecule has 12 rings (SSSR count). The molecule has 10 aromatic carbocycles. The van der Waals surface area contributed by atoms with E-state index in [1.165, 1.54) is 55.6 Å². The number of benzene rings is 10. The standard InChI is InChI=1S/C62H43NO/c1-62(44-21-6-3-7-22-44)56-31-15-12-27-52(56)55-41-46(39-40-57(55)62)63(45-37-35-43(36-38-45)48-30-18-34-60-61(48)54-29-14-17-33-59(54)64-60)58-32-16-13-28-53(58)51-26-11-10-25-50(51)49-24-9-8-23-47(49)42-19-4-2-5-20-42/h2-41H,1H3. The molecule has 1 unspecified atom stereocenters. The number of rotatable bonds is 8. The van der Waals surface area contributed by atoms with E-state index in [-0.39, 0.29) is 5.41 Å². The number of para-hydroxylation sites is 2. The molecule has 2 heteroatoms. The summed E-state index contributed by atoms with van der Waals surface area (Å²) in [6.45, 7) is 2.38. The molecule has 0 N–H and O–H groups in total. The van der Waals surface area contributed by atoms with Gasteiger partial charge in [0.2, 0.25) is 0 Å². The van der Waals surface area contributed by atoms with E-state index >= 15 is 0 Å². The van der Waals surface area contributed by atoms with Gasteiger partial charge in [0.25, 0.3) is 0 Å². The third-order valence-electron chi connectivity index (χ3n) is 13.4. The Bertz CT molecular complexity index is 3510. The van der Waals surface area contributed by atoms with Crippen LogP contribution in [0.3, 0.4) is 0 Å². The molecule has 64 heavy (non-hydrogen) atoms. The van der Waals surface area contributed by atoms with Gasteiger partial charge in [-0.1, -0.05) is 200 Å². The zero-order valence-corrected chi connectivity index (χ0v) is 35.4. The molecule has 1 atom stereocenters. The van der Waals surface area contributed by atoms with E-state index in [9.17, 15) is 0 Å². The van der Waals surface area contributed by atoms with E-state index in [0.29, 0.717) is 0 Å². The molecule has 1 aliphatic rings. The maximum absolute atomic E-state index is 6.32. The van der Waals surface area contributed by atoms with Gasteiger partial charge in [-0.15, -0.1) is 0 Å². The van der Waals surface area contributed by atoms with Crippen LogP contribution in [0.25, 0.3) is 77.6 Å². The number of furan rings is 1. The van der Waals surface area contributed by atoms with Gasteiger partial charge in [0.05, 0.1) is 5.69 Å². The quantitative estimate of drug-likeness (QED) is 0.152. The maximum Gasteiger partial charge on any atom is 0.136 e. The third kappa shape index (κ3) is 6.02. The van der Waals surface area contributed by atoms with Crippen LogP contribution in [0.15, 0.2) is 247 Å². The zero-order valence-electron chi connectivity index (χ0n) is 35.4. The second kappa shape index (κ2) is 15.3. The fourth-order valence-electron chi connectivity index (χ4n) is 10.4. The Balaban J connectivity index is 1.06. The molecule has 1 aromatic heterocycles. The van der Waals surface area contributed by atoms with E-state index < -0.39 is 0 Å². The average Bonchev–Trinajstić information content (AvgIpc) is 3.88. The summed E-state index contributed by atoms with van der Waals surface area (Å²) in [7, 11) is 0. The SMILES string of the molecule is CC1(c2ccccc2)c2ccccc2-c2cc(N(c3ccc(-c4cccc5oc6ccccc6c45)cc3)c3ccccc3-c3ccccc3-c3ccccc3-c3ccccc3)ccc21. The second-order valence-corrected chi connectivity index (χ2v) is 16.9. The molecule has 0 aliphatic heterocycles. The third-order valence-corrected chi connectivity index (χ3v) is 13.4. The highest BCUT2D eigenvalue weighted by atomic mass is 16.3. The van der Waals surface area contributed by atoms with Crippen molar-refractivity contribution in [3.8, 4) is 55.6 Å². The summed E-state index contributed by atoms with van der Waals surface area (Å²) in [4.78, 5) is 2.45. The normalized spacial score (nSPS) is 14.1. The highest BCUT2D eigenvalue weighted by Crippen LogP contribution is 2.54. The van der Waals surface area contributed by atoms with Gasteiger partial charge in [-0.3, -0.25) is 0 Å². The molecule has 0 bridgehead atoms. The molecule has 1 aliphatic carbocycles. The van der Waals surface area contributed by atoms with Gasteiger partial charge >= 0.3 is 0 Å². The van der Waals surface area contributed by atoms with Gasteiger partial charge in [-0.25, -0.2) is 0 Å². The van der Waals surface area contributed by atoms with Crippen molar-refractivity contribution in [1.82, 2.24) is 0 Å². The van der Waals surface area contributed by atoms with Gasteiger partial charge in [0.1, 0.15) is 11.2 Å². The first kappa shape index (κ1) is 37.6. The monoisotopic (exact) mass is 817 g/mol. The van der Waals surface area contributed by atoms with Crippen LogP contribution >= 0.6 is 0 Å². The Labute approximate surface area is 374 Å². The molecule has 0 saturated carbocycles. The Morgan fingerprint density at radius 3 is 1.62 bits per heavy atom. The lowest BCUT2D eigenvalue weighted by molar-refractivity contribution is 0.669. The molecule has 0 radical (unpaired) electrons. The summed E-state index contributed by atoms with van der Waals surface area (Å²) >= 11 is 0. The first-order valence-electron chi connectivity index (χ1n) is 22.1. The largest absolute Gasteiger partial charge is 0.456 e. The number of fused-ring (bicyclic) bond motifs is 6. The van der Waals surface area contributed by atoms with E-state index in [1.807, 2.05) is 12.1 Å². The second-order valence-electron chi connectivity index (χ2n) is 16.9.